The second kappa shape index (κ2) is 4.98. The molecular formula is C18H14O4. The van der Waals surface area contributed by atoms with E-state index < -0.39 is 0 Å². The summed E-state index contributed by atoms with van der Waals surface area (Å²) < 4.78 is 10.6. The zero-order valence-electron chi connectivity index (χ0n) is 11.8. The van der Waals surface area contributed by atoms with Crippen LogP contribution >= 0.6 is 0 Å². The van der Waals surface area contributed by atoms with E-state index in [9.17, 15) is 9.59 Å². The number of esters is 2. The van der Waals surface area contributed by atoms with Crippen LogP contribution in [0.2, 0.25) is 0 Å². The summed E-state index contributed by atoms with van der Waals surface area (Å²) in [5.74, 6) is 0.568. The van der Waals surface area contributed by atoms with Gasteiger partial charge in [-0.3, -0.25) is 9.59 Å². The van der Waals surface area contributed by atoms with Crippen LogP contribution in [0.3, 0.4) is 0 Å². The summed E-state index contributed by atoms with van der Waals surface area (Å²) in [7, 11) is 0. The molecule has 2 aliphatic rings. The molecule has 0 saturated carbocycles. The monoisotopic (exact) mass is 294 g/mol. The number of fused-ring (bicyclic) bond motifs is 2. The first-order valence-corrected chi connectivity index (χ1v) is 7.31. The Morgan fingerprint density at radius 2 is 1.09 bits per heavy atom. The van der Waals surface area contributed by atoms with Gasteiger partial charge in [0.15, 0.2) is 0 Å². The number of benzene rings is 2. The molecule has 0 spiro atoms. The Kier molecular flexibility index (Phi) is 2.96. The Labute approximate surface area is 127 Å². The number of hydrogen-bond acceptors (Lipinski definition) is 4. The Morgan fingerprint density at radius 3 is 1.55 bits per heavy atom. The van der Waals surface area contributed by atoms with Gasteiger partial charge < -0.3 is 9.47 Å². The Bertz CT molecular complexity index is 700. The molecule has 2 aliphatic heterocycles. The summed E-state index contributed by atoms with van der Waals surface area (Å²) in [6.07, 6.45) is 0.562. The van der Waals surface area contributed by atoms with E-state index in [4.69, 9.17) is 9.47 Å². The van der Waals surface area contributed by atoms with E-state index in [2.05, 4.69) is 0 Å². The molecule has 0 amide bonds. The second-order valence-electron chi connectivity index (χ2n) is 5.65. The van der Waals surface area contributed by atoms with Crippen LogP contribution in [0.25, 0.3) is 0 Å². The minimum atomic E-state index is -0.250. The van der Waals surface area contributed by atoms with E-state index >= 15 is 0 Å². The van der Waals surface area contributed by atoms with Gasteiger partial charge >= 0.3 is 11.9 Å². The van der Waals surface area contributed by atoms with E-state index in [1.807, 2.05) is 36.4 Å². The van der Waals surface area contributed by atoms with Gasteiger partial charge in [0, 0.05) is 11.8 Å². The Hall–Kier alpha value is -2.62. The van der Waals surface area contributed by atoms with Crippen LogP contribution in [-0.4, -0.2) is 11.9 Å². The standard InChI is InChI=1S/C18H14O4/c19-17-9-13(11-5-1-3-7-15(11)21-17)14-10-18(20)22-16-8-4-2-6-12(14)16/h1-8,13-14H,9-10H2/t13-,14-/m1/s1. The van der Waals surface area contributed by atoms with Gasteiger partial charge in [0.2, 0.25) is 0 Å². The fraction of sp³-hybridized carbons (Fsp3) is 0.222. The highest BCUT2D eigenvalue weighted by atomic mass is 16.5. The summed E-state index contributed by atoms with van der Waals surface area (Å²) in [5.41, 5.74) is 1.97. The molecule has 2 heterocycles. The van der Waals surface area contributed by atoms with Crippen LogP contribution in [0.5, 0.6) is 11.5 Å². The van der Waals surface area contributed by atoms with Crippen LogP contribution in [0.4, 0.5) is 0 Å². The van der Waals surface area contributed by atoms with E-state index in [0.29, 0.717) is 11.5 Å². The number of rotatable bonds is 1. The van der Waals surface area contributed by atoms with Crippen molar-refractivity contribution in [2.75, 3.05) is 0 Å². The van der Waals surface area contributed by atoms with Gasteiger partial charge in [-0.1, -0.05) is 36.4 Å². The molecule has 0 aliphatic carbocycles. The Balaban J connectivity index is 1.82. The second-order valence-corrected chi connectivity index (χ2v) is 5.65. The summed E-state index contributed by atoms with van der Waals surface area (Å²) in [4.78, 5) is 23.9. The van der Waals surface area contributed by atoms with E-state index in [1.165, 1.54) is 0 Å². The first kappa shape index (κ1) is 13.1. The normalized spacial score (nSPS) is 23.1. The van der Waals surface area contributed by atoms with Gasteiger partial charge in [-0.2, -0.15) is 0 Å². The maximum Gasteiger partial charge on any atom is 0.311 e. The van der Waals surface area contributed by atoms with E-state index in [-0.39, 0.29) is 36.6 Å². The lowest BCUT2D eigenvalue weighted by molar-refractivity contribution is -0.139. The molecule has 0 unspecified atom stereocenters. The van der Waals surface area contributed by atoms with Crippen molar-refractivity contribution in [3.8, 4) is 11.5 Å². The molecule has 0 bridgehead atoms. The molecule has 22 heavy (non-hydrogen) atoms. The van der Waals surface area contributed by atoms with Crippen molar-refractivity contribution >= 4 is 11.9 Å². The molecule has 4 rings (SSSR count). The predicted molar refractivity (Wildman–Crippen MR) is 78.9 cm³/mol. The van der Waals surface area contributed by atoms with Crippen molar-refractivity contribution in [2.24, 2.45) is 0 Å². The Morgan fingerprint density at radius 1 is 0.682 bits per heavy atom. The molecule has 0 radical (unpaired) electrons. The summed E-state index contributed by atoms with van der Waals surface area (Å²) >= 11 is 0. The van der Waals surface area contributed by atoms with Gasteiger partial charge in [-0.25, -0.2) is 0 Å². The lowest BCUT2D eigenvalue weighted by Gasteiger charge is -2.34. The molecule has 2 aromatic carbocycles. The summed E-state index contributed by atoms with van der Waals surface area (Å²) in [5, 5.41) is 0. The molecular weight excluding hydrogens is 280 g/mol. The average molecular weight is 294 g/mol. The molecule has 2 aromatic rings. The lowest BCUT2D eigenvalue weighted by Crippen LogP contribution is -2.29. The van der Waals surface area contributed by atoms with Gasteiger partial charge in [-0.05, 0) is 23.3 Å². The van der Waals surface area contributed by atoms with Gasteiger partial charge in [0.1, 0.15) is 11.5 Å². The SMILES string of the molecule is O=C1C[C@@H]([C@@H]2CC(=O)Oc3ccccc32)c2ccccc2O1. The first-order valence-electron chi connectivity index (χ1n) is 7.31. The maximum atomic E-state index is 11.9. The van der Waals surface area contributed by atoms with Crippen molar-refractivity contribution in [2.45, 2.75) is 24.7 Å². The maximum absolute atomic E-state index is 11.9. The van der Waals surface area contributed by atoms with Crippen LogP contribution in [0.1, 0.15) is 35.8 Å². The number of para-hydroxylation sites is 2. The smallest absolute Gasteiger partial charge is 0.311 e. The van der Waals surface area contributed by atoms with Gasteiger partial charge in [-0.15, -0.1) is 0 Å². The van der Waals surface area contributed by atoms with Crippen molar-refractivity contribution in [3.05, 3.63) is 59.7 Å². The molecule has 0 saturated heterocycles. The molecule has 4 heteroatoms. The number of carbonyl (C=O) groups excluding carboxylic acids is 2. The summed E-state index contributed by atoms with van der Waals surface area (Å²) in [6, 6.07) is 15.1. The van der Waals surface area contributed by atoms with Crippen LogP contribution < -0.4 is 9.47 Å². The highest BCUT2D eigenvalue weighted by Crippen LogP contribution is 2.48. The van der Waals surface area contributed by atoms with Crippen molar-refractivity contribution in [3.63, 3.8) is 0 Å². The zero-order chi connectivity index (χ0) is 15.1. The van der Waals surface area contributed by atoms with Crippen molar-refractivity contribution < 1.29 is 19.1 Å². The zero-order valence-corrected chi connectivity index (χ0v) is 11.8. The fourth-order valence-electron chi connectivity index (χ4n) is 3.39. The first-order chi connectivity index (χ1) is 10.7. The highest BCUT2D eigenvalue weighted by molar-refractivity contribution is 5.80. The third-order valence-corrected chi connectivity index (χ3v) is 4.34. The largest absolute Gasteiger partial charge is 0.426 e. The fourth-order valence-corrected chi connectivity index (χ4v) is 3.39. The number of carbonyl (C=O) groups is 2. The van der Waals surface area contributed by atoms with Gasteiger partial charge in [0.05, 0.1) is 12.8 Å². The topological polar surface area (TPSA) is 52.6 Å². The molecule has 0 fully saturated rings. The summed E-state index contributed by atoms with van der Waals surface area (Å²) in [6.45, 7) is 0. The molecule has 110 valence electrons. The van der Waals surface area contributed by atoms with Crippen LogP contribution in [0, 0.1) is 0 Å². The predicted octanol–water partition coefficient (Wildman–Crippen LogP) is 3.17. The number of hydrogen-bond donors (Lipinski definition) is 0. The lowest BCUT2D eigenvalue weighted by atomic mass is 9.75. The minimum absolute atomic E-state index is 0.0635. The van der Waals surface area contributed by atoms with Crippen LogP contribution in [0.15, 0.2) is 48.5 Å². The molecule has 0 aromatic heterocycles. The van der Waals surface area contributed by atoms with Crippen molar-refractivity contribution in [1.82, 2.24) is 0 Å². The molecule has 4 nitrogen and oxygen atoms in total. The molecule has 0 N–H and O–H groups in total. The van der Waals surface area contributed by atoms with Gasteiger partial charge in [0.25, 0.3) is 0 Å². The average Bonchev–Trinajstić information content (AvgIpc) is 2.53. The van der Waals surface area contributed by atoms with Crippen LogP contribution in [-0.2, 0) is 9.59 Å². The minimum Gasteiger partial charge on any atom is -0.426 e. The van der Waals surface area contributed by atoms with E-state index in [1.54, 1.807) is 12.1 Å². The highest BCUT2D eigenvalue weighted by Gasteiger charge is 2.38. The third-order valence-electron chi connectivity index (χ3n) is 4.34. The third kappa shape index (κ3) is 2.08. The quantitative estimate of drug-likeness (QED) is 0.599. The number of ether oxygens (including phenoxy) is 2. The van der Waals surface area contributed by atoms with Crippen molar-refractivity contribution in [1.29, 1.82) is 0 Å². The van der Waals surface area contributed by atoms with E-state index in [0.717, 1.165) is 11.1 Å². The molecule has 2 atom stereocenters.